The molecule has 4 heteroatoms. The number of Topliss-reactive ketones (excluding diaryl/α,β-unsaturated/α-hetero) is 1. The number of pyridine rings is 1. The maximum absolute atomic E-state index is 11.7. The van der Waals surface area contributed by atoms with E-state index < -0.39 is 0 Å². The third kappa shape index (κ3) is 3.39. The van der Waals surface area contributed by atoms with E-state index in [1.807, 2.05) is 52.0 Å². The monoisotopic (exact) mass is 331 g/mol. The summed E-state index contributed by atoms with van der Waals surface area (Å²) in [6.07, 6.45) is 3.79. The van der Waals surface area contributed by atoms with Gasteiger partial charge in [0.15, 0.2) is 12.4 Å². The molecule has 2 aromatic heterocycles. The Morgan fingerprint density at radius 1 is 1.27 bits per heavy atom. The van der Waals surface area contributed by atoms with E-state index >= 15 is 0 Å². The van der Waals surface area contributed by atoms with Crippen LogP contribution in [0.3, 0.4) is 0 Å². The largest absolute Gasteiger partial charge is 1.00 e. The number of nitrogens with zero attached hydrogens (tertiary/aromatic N) is 1. The molecule has 0 unspecified atom stereocenters. The number of thiophene rings is 1. The molecule has 0 aliphatic carbocycles. The minimum Gasteiger partial charge on any atom is -1.00 e. The van der Waals surface area contributed by atoms with Crippen molar-refractivity contribution in [3.05, 3.63) is 53.0 Å². The lowest BCUT2D eigenvalue weighted by molar-refractivity contribution is -0.683. The Bertz CT molecular complexity index is 413. The second kappa shape index (κ2) is 5.97. The quantitative estimate of drug-likeness (QED) is 0.398. The number of hydrogen-bond acceptors (Lipinski definition) is 2. The zero-order chi connectivity index (χ0) is 9.80. The van der Waals surface area contributed by atoms with Crippen LogP contribution in [0.4, 0.5) is 0 Å². The summed E-state index contributed by atoms with van der Waals surface area (Å²) in [6, 6.07) is 7.63. The van der Waals surface area contributed by atoms with Gasteiger partial charge in [-0.1, -0.05) is 6.07 Å². The van der Waals surface area contributed by atoms with Crippen LogP contribution in [0, 0.1) is 0 Å². The van der Waals surface area contributed by atoms with Crippen molar-refractivity contribution in [2.24, 2.45) is 0 Å². The molecule has 0 amide bonds. The Kier molecular flexibility index (Phi) is 4.90. The number of rotatable bonds is 3. The summed E-state index contributed by atoms with van der Waals surface area (Å²) >= 11 is 1.55. The topological polar surface area (TPSA) is 20.9 Å². The van der Waals surface area contributed by atoms with Crippen LogP contribution in [0.2, 0.25) is 0 Å². The highest BCUT2D eigenvalue weighted by molar-refractivity contribution is 7.08. The van der Waals surface area contributed by atoms with E-state index in [4.69, 9.17) is 0 Å². The third-order valence-corrected chi connectivity index (χ3v) is 2.63. The van der Waals surface area contributed by atoms with Gasteiger partial charge in [-0.05, 0) is 11.4 Å². The Hall–Kier alpha value is -0.750. The van der Waals surface area contributed by atoms with Gasteiger partial charge in [-0.15, -0.1) is 0 Å². The second-order valence-electron chi connectivity index (χ2n) is 2.98. The Morgan fingerprint density at radius 3 is 2.60 bits per heavy atom. The minimum atomic E-state index is 0. The average molecular weight is 331 g/mol. The molecule has 0 N–H and O–H groups in total. The van der Waals surface area contributed by atoms with Gasteiger partial charge in [0.1, 0.15) is 0 Å². The molecule has 0 saturated carbocycles. The van der Waals surface area contributed by atoms with Crippen LogP contribution in [0.1, 0.15) is 10.4 Å². The van der Waals surface area contributed by atoms with Gasteiger partial charge < -0.3 is 24.0 Å². The number of ketones is 1. The highest BCUT2D eigenvalue weighted by Crippen LogP contribution is 2.06. The zero-order valence-corrected chi connectivity index (χ0v) is 10.9. The van der Waals surface area contributed by atoms with Crippen LogP contribution in [-0.2, 0) is 6.54 Å². The van der Waals surface area contributed by atoms with Gasteiger partial charge in [-0.3, -0.25) is 4.79 Å². The average Bonchev–Trinajstić information content (AvgIpc) is 2.72. The number of halogens is 1. The number of carbonyl (C=O) groups excluding carboxylic acids is 1. The molecule has 0 radical (unpaired) electrons. The first-order valence-corrected chi connectivity index (χ1v) is 5.30. The molecular weight excluding hydrogens is 321 g/mol. The number of carbonyl (C=O) groups is 1. The first kappa shape index (κ1) is 12.3. The van der Waals surface area contributed by atoms with Crippen LogP contribution in [0.25, 0.3) is 0 Å². The van der Waals surface area contributed by atoms with E-state index in [0.717, 1.165) is 5.56 Å². The fourth-order valence-electron chi connectivity index (χ4n) is 1.22. The smallest absolute Gasteiger partial charge is 0.228 e. The predicted molar refractivity (Wildman–Crippen MR) is 55.3 cm³/mol. The highest BCUT2D eigenvalue weighted by atomic mass is 127. The first-order chi connectivity index (χ1) is 6.86. The predicted octanol–water partition coefficient (Wildman–Crippen LogP) is -1.08. The standard InChI is InChI=1S/C11H10NOS.HI/c13-11(10-4-7-14-9-10)8-12-5-2-1-3-6-12;/h1-7,9H,8H2;1H/q+1;/p-1. The highest BCUT2D eigenvalue weighted by Gasteiger charge is 2.10. The van der Waals surface area contributed by atoms with Crippen LogP contribution in [0.15, 0.2) is 47.4 Å². The molecule has 0 aliphatic rings. The van der Waals surface area contributed by atoms with Gasteiger partial charge in [0.25, 0.3) is 0 Å². The summed E-state index contributed by atoms with van der Waals surface area (Å²) in [5.41, 5.74) is 0.798. The SMILES string of the molecule is O=C(C[n+]1ccccc1)c1ccsc1.[I-]. The van der Waals surface area contributed by atoms with Crippen LogP contribution in [0.5, 0.6) is 0 Å². The molecule has 78 valence electrons. The Balaban J connectivity index is 0.00000112. The second-order valence-corrected chi connectivity index (χ2v) is 3.76. The lowest BCUT2D eigenvalue weighted by Crippen LogP contribution is -3.00. The van der Waals surface area contributed by atoms with Crippen LogP contribution < -0.4 is 28.5 Å². The van der Waals surface area contributed by atoms with Crippen LogP contribution in [-0.4, -0.2) is 5.78 Å². The fraction of sp³-hybridized carbons (Fsp3) is 0.0909. The van der Waals surface area contributed by atoms with Gasteiger partial charge in [-0.2, -0.15) is 15.9 Å². The summed E-state index contributed by atoms with van der Waals surface area (Å²) < 4.78 is 1.88. The lowest BCUT2D eigenvalue weighted by atomic mass is 10.2. The molecule has 0 bridgehead atoms. The minimum absolute atomic E-state index is 0. The van der Waals surface area contributed by atoms with E-state index in [-0.39, 0.29) is 29.8 Å². The van der Waals surface area contributed by atoms with Crippen molar-refractivity contribution >= 4 is 17.1 Å². The van der Waals surface area contributed by atoms with Crippen molar-refractivity contribution in [2.45, 2.75) is 6.54 Å². The molecular formula is C11H10INOS. The van der Waals surface area contributed by atoms with Crippen molar-refractivity contribution < 1.29 is 33.3 Å². The molecule has 2 heterocycles. The summed E-state index contributed by atoms with van der Waals surface area (Å²) in [7, 11) is 0. The Labute approximate surface area is 110 Å². The van der Waals surface area contributed by atoms with Gasteiger partial charge in [0, 0.05) is 23.1 Å². The van der Waals surface area contributed by atoms with Gasteiger partial charge in [-0.25, -0.2) is 0 Å². The maximum Gasteiger partial charge on any atom is 0.228 e. The Morgan fingerprint density at radius 2 is 2.00 bits per heavy atom. The van der Waals surface area contributed by atoms with Crippen molar-refractivity contribution in [1.82, 2.24) is 0 Å². The molecule has 0 atom stereocenters. The van der Waals surface area contributed by atoms with E-state index in [1.165, 1.54) is 0 Å². The normalized spacial score (nSPS) is 9.33. The maximum atomic E-state index is 11.7. The summed E-state index contributed by atoms with van der Waals surface area (Å²) in [4.78, 5) is 11.7. The number of hydrogen-bond donors (Lipinski definition) is 0. The fourth-order valence-corrected chi connectivity index (χ4v) is 1.88. The first-order valence-electron chi connectivity index (χ1n) is 4.36. The lowest BCUT2D eigenvalue weighted by Gasteiger charge is -1.93. The van der Waals surface area contributed by atoms with Crippen molar-refractivity contribution in [2.75, 3.05) is 0 Å². The van der Waals surface area contributed by atoms with E-state index in [2.05, 4.69) is 0 Å². The van der Waals surface area contributed by atoms with Crippen molar-refractivity contribution in [1.29, 1.82) is 0 Å². The molecule has 2 aromatic rings. The molecule has 15 heavy (non-hydrogen) atoms. The summed E-state index contributed by atoms with van der Waals surface area (Å²) in [5.74, 6) is 0.155. The molecule has 0 fully saturated rings. The van der Waals surface area contributed by atoms with E-state index in [9.17, 15) is 4.79 Å². The molecule has 0 spiro atoms. The van der Waals surface area contributed by atoms with E-state index in [1.54, 1.807) is 11.3 Å². The molecule has 2 nitrogen and oxygen atoms in total. The van der Waals surface area contributed by atoms with Crippen LogP contribution >= 0.6 is 11.3 Å². The van der Waals surface area contributed by atoms with E-state index in [0.29, 0.717) is 6.54 Å². The van der Waals surface area contributed by atoms with Gasteiger partial charge in [0.05, 0.1) is 0 Å². The number of aromatic nitrogens is 1. The molecule has 2 rings (SSSR count). The summed E-state index contributed by atoms with van der Waals surface area (Å²) in [6.45, 7) is 0.414. The molecule has 0 saturated heterocycles. The third-order valence-electron chi connectivity index (χ3n) is 1.95. The van der Waals surface area contributed by atoms with Crippen molar-refractivity contribution in [3.63, 3.8) is 0 Å². The van der Waals surface area contributed by atoms with Crippen molar-refractivity contribution in [3.8, 4) is 0 Å². The van der Waals surface area contributed by atoms with Gasteiger partial charge >= 0.3 is 0 Å². The molecule has 0 aliphatic heterocycles. The zero-order valence-electron chi connectivity index (χ0n) is 7.97. The summed E-state index contributed by atoms with van der Waals surface area (Å²) in [5, 5.41) is 3.80. The molecule has 0 aromatic carbocycles. The van der Waals surface area contributed by atoms with Gasteiger partial charge in [0.2, 0.25) is 12.3 Å².